The normalized spacial score (nSPS) is 15.4. The smallest absolute Gasteiger partial charge is 0.277 e. The van der Waals surface area contributed by atoms with E-state index < -0.39 is 0 Å². The Labute approximate surface area is 166 Å². The summed E-state index contributed by atoms with van der Waals surface area (Å²) in [6.07, 6.45) is 0.0789. The molecule has 0 atom stereocenters. The van der Waals surface area contributed by atoms with Crippen LogP contribution in [0.15, 0.2) is 52.6 Å². The van der Waals surface area contributed by atoms with Crippen molar-refractivity contribution in [2.45, 2.75) is 12.6 Å². The second-order valence-corrected chi connectivity index (χ2v) is 7.92. The molecule has 1 amide bonds. The minimum absolute atomic E-state index is 0.0720. The van der Waals surface area contributed by atoms with Gasteiger partial charge in [0, 0.05) is 25.8 Å². The van der Waals surface area contributed by atoms with Crippen LogP contribution in [-0.2, 0) is 11.3 Å². The molecule has 0 spiro atoms. The Balaban J connectivity index is 1.71. The van der Waals surface area contributed by atoms with Crippen LogP contribution in [0.2, 0.25) is 0 Å². The third-order valence-electron chi connectivity index (χ3n) is 5.37. The molecule has 1 fully saturated rings. The second kappa shape index (κ2) is 6.61. The molecule has 0 unspecified atom stereocenters. The van der Waals surface area contributed by atoms with E-state index in [-0.39, 0.29) is 17.6 Å². The van der Waals surface area contributed by atoms with Gasteiger partial charge in [-0.1, -0.05) is 30.3 Å². The first-order chi connectivity index (χ1) is 13.7. The Kier molecular flexibility index (Phi) is 4.07. The number of likely N-dealkylation sites (tertiary alicyclic amines) is 1. The van der Waals surface area contributed by atoms with Crippen molar-refractivity contribution >= 4 is 17.2 Å². The number of ether oxygens (including phenoxy) is 1. The van der Waals surface area contributed by atoms with Crippen molar-refractivity contribution in [1.29, 1.82) is 0 Å². The lowest BCUT2D eigenvalue weighted by Gasteiger charge is -2.38. The highest BCUT2D eigenvalue weighted by Crippen LogP contribution is 2.36. The number of amides is 1. The van der Waals surface area contributed by atoms with Crippen molar-refractivity contribution in [3.63, 3.8) is 0 Å². The summed E-state index contributed by atoms with van der Waals surface area (Å²) in [5.41, 5.74) is 6.67. The molecule has 0 aliphatic carbocycles. The van der Waals surface area contributed by atoms with Gasteiger partial charge in [0.2, 0.25) is 0 Å². The zero-order chi connectivity index (χ0) is 19.3. The maximum absolute atomic E-state index is 13.3. The number of carbonyl (C=O) groups is 1. The summed E-state index contributed by atoms with van der Waals surface area (Å²) in [5, 5.41) is 2.00. The summed E-state index contributed by atoms with van der Waals surface area (Å²) in [6, 6.07) is 13.3. The summed E-state index contributed by atoms with van der Waals surface area (Å²) in [7, 11) is 1.66. The van der Waals surface area contributed by atoms with Gasteiger partial charge >= 0.3 is 0 Å². The van der Waals surface area contributed by atoms with Crippen molar-refractivity contribution in [2.24, 2.45) is 0 Å². The zero-order valence-corrected chi connectivity index (χ0v) is 16.2. The maximum atomic E-state index is 13.3. The van der Waals surface area contributed by atoms with E-state index in [1.165, 1.54) is 0 Å². The number of carbonyl (C=O) groups excluding carboxylic acids is 1. The quantitative estimate of drug-likeness (QED) is 0.743. The van der Waals surface area contributed by atoms with E-state index in [0.717, 1.165) is 16.0 Å². The van der Waals surface area contributed by atoms with Crippen molar-refractivity contribution in [3.8, 4) is 21.7 Å². The van der Waals surface area contributed by atoms with Gasteiger partial charge in [-0.15, -0.1) is 11.3 Å². The van der Waals surface area contributed by atoms with Crippen LogP contribution in [0.4, 0.5) is 0 Å². The van der Waals surface area contributed by atoms with Crippen LogP contribution in [0.3, 0.4) is 0 Å². The lowest BCUT2D eigenvalue weighted by Crippen LogP contribution is -2.54. The monoisotopic (exact) mass is 393 g/mol. The molecular formula is C21H19N3O3S. The summed E-state index contributed by atoms with van der Waals surface area (Å²) >= 11 is 1.56. The number of hydrogen-bond donors (Lipinski definition) is 1. The number of rotatable bonds is 3. The predicted octanol–water partition coefficient (Wildman–Crippen LogP) is 2.77. The largest absolute Gasteiger partial charge is 0.378 e. The van der Waals surface area contributed by atoms with E-state index in [9.17, 15) is 9.59 Å². The fraction of sp³-hybridized carbons (Fsp3) is 0.238. The van der Waals surface area contributed by atoms with Crippen LogP contribution in [-0.4, -0.2) is 41.8 Å². The highest BCUT2D eigenvalue weighted by molar-refractivity contribution is 7.13. The Bertz CT molecular complexity index is 1110. The number of pyridine rings is 1. The first kappa shape index (κ1) is 17.2. The van der Waals surface area contributed by atoms with Gasteiger partial charge in [0.1, 0.15) is 0 Å². The molecule has 7 heteroatoms. The number of hydrogen-bond acceptors (Lipinski definition) is 5. The van der Waals surface area contributed by atoms with Crippen molar-refractivity contribution in [1.82, 2.24) is 9.58 Å². The Morgan fingerprint density at radius 2 is 2.00 bits per heavy atom. The predicted molar refractivity (Wildman–Crippen MR) is 109 cm³/mol. The average molecular weight is 393 g/mol. The van der Waals surface area contributed by atoms with Crippen LogP contribution in [0.5, 0.6) is 0 Å². The molecule has 1 N–H and O–H groups in total. The molecule has 2 aromatic heterocycles. The van der Waals surface area contributed by atoms with Gasteiger partial charge in [-0.05, 0) is 28.6 Å². The summed E-state index contributed by atoms with van der Waals surface area (Å²) in [5.74, 6) is -0.0720. The van der Waals surface area contributed by atoms with Crippen LogP contribution >= 0.6 is 11.3 Å². The minimum Gasteiger partial charge on any atom is -0.378 e. The number of methoxy groups -OCH3 is 1. The van der Waals surface area contributed by atoms with Gasteiger partial charge in [0.25, 0.3) is 11.5 Å². The average Bonchev–Trinajstić information content (AvgIpc) is 3.17. The first-order valence-corrected chi connectivity index (χ1v) is 10.0. The number of aromatic nitrogens is 1. The molecule has 5 rings (SSSR count). The van der Waals surface area contributed by atoms with Gasteiger partial charge in [-0.2, -0.15) is 0 Å². The molecule has 1 aromatic carbocycles. The third-order valence-corrected chi connectivity index (χ3v) is 6.34. The summed E-state index contributed by atoms with van der Waals surface area (Å²) in [4.78, 5) is 29.3. The Morgan fingerprint density at radius 1 is 1.21 bits per heavy atom. The van der Waals surface area contributed by atoms with Crippen molar-refractivity contribution in [2.75, 3.05) is 25.6 Å². The van der Waals surface area contributed by atoms with E-state index in [4.69, 9.17) is 4.74 Å². The molecule has 0 radical (unpaired) electrons. The summed E-state index contributed by atoms with van der Waals surface area (Å²) in [6.45, 7) is 1.70. The number of nitrogens with zero attached hydrogens (tertiary/aromatic N) is 2. The van der Waals surface area contributed by atoms with Crippen LogP contribution in [0, 0.1) is 0 Å². The lowest BCUT2D eigenvalue weighted by molar-refractivity contribution is -0.0191. The fourth-order valence-corrected chi connectivity index (χ4v) is 4.72. The van der Waals surface area contributed by atoms with Gasteiger partial charge in [0.15, 0.2) is 0 Å². The van der Waals surface area contributed by atoms with Gasteiger partial charge in [-0.3, -0.25) is 9.59 Å². The second-order valence-electron chi connectivity index (χ2n) is 7.00. The van der Waals surface area contributed by atoms with E-state index in [1.54, 1.807) is 34.1 Å². The molecular weight excluding hydrogens is 374 g/mol. The van der Waals surface area contributed by atoms with Gasteiger partial charge < -0.3 is 15.1 Å². The molecule has 4 heterocycles. The zero-order valence-electron chi connectivity index (χ0n) is 15.3. The van der Waals surface area contributed by atoms with Crippen LogP contribution in [0.25, 0.3) is 21.7 Å². The molecule has 1 saturated heterocycles. The standard InChI is InChI=1S/C21H19N3O3S/c1-27-15-11-23(12-15)20(25)17-9-16(13-5-3-2-4-6-13)21(26)24-18(17)19-14(10-22-24)7-8-28-19/h2-9,15,22H,10-12H2,1H3. The van der Waals surface area contributed by atoms with Gasteiger partial charge in [-0.25, -0.2) is 4.68 Å². The number of fused-ring (bicyclic) bond motifs is 3. The van der Waals surface area contributed by atoms with E-state index >= 15 is 0 Å². The van der Waals surface area contributed by atoms with Crippen LogP contribution in [0.1, 0.15) is 15.9 Å². The summed E-state index contributed by atoms with van der Waals surface area (Å²) < 4.78 is 6.86. The molecule has 28 heavy (non-hydrogen) atoms. The molecule has 2 aliphatic rings. The molecule has 6 nitrogen and oxygen atoms in total. The molecule has 142 valence electrons. The number of nitrogens with one attached hydrogen (secondary N) is 1. The number of thiophene rings is 1. The lowest BCUT2D eigenvalue weighted by atomic mass is 9.99. The highest BCUT2D eigenvalue weighted by atomic mass is 32.1. The Morgan fingerprint density at radius 3 is 2.75 bits per heavy atom. The third kappa shape index (κ3) is 2.58. The first-order valence-electron chi connectivity index (χ1n) is 9.15. The Hall–Kier alpha value is -2.90. The van der Waals surface area contributed by atoms with E-state index in [1.807, 2.05) is 41.8 Å². The molecule has 3 aromatic rings. The maximum Gasteiger partial charge on any atom is 0.277 e. The molecule has 0 saturated carbocycles. The topological polar surface area (TPSA) is 63.6 Å². The van der Waals surface area contributed by atoms with Crippen molar-refractivity contribution < 1.29 is 9.53 Å². The van der Waals surface area contributed by atoms with Crippen molar-refractivity contribution in [3.05, 3.63) is 69.3 Å². The molecule has 2 aliphatic heterocycles. The van der Waals surface area contributed by atoms with E-state index in [2.05, 4.69) is 5.43 Å². The van der Waals surface area contributed by atoms with E-state index in [0.29, 0.717) is 36.5 Å². The van der Waals surface area contributed by atoms with Gasteiger partial charge in [0.05, 0.1) is 28.8 Å². The SMILES string of the molecule is COC1CN(C(=O)c2cc(-c3ccccc3)c(=O)n3c2-c2sccc2CN3)C1. The fourth-order valence-electron chi connectivity index (χ4n) is 3.75. The highest BCUT2D eigenvalue weighted by Gasteiger charge is 2.35. The number of benzene rings is 1. The minimum atomic E-state index is -0.143. The molecule has 0 bridgehead atoms. The van der Waals surface area contributed by atoms with Crippen LogP contribution < -0.4 is 11.0 Å².